The van der Waals surface area contributed by atoms with E-state index >= 15 is 0 Å². The third kappa shape index (κ3) is 6.25. The minimum Gasteiger partial charge on any atom is -0.458 e. The van der Waals surface area contributed by atoms with Crippen molar-refractivity contribution in [1.82, 2.24) is 0 Å². The number of carbonyl (C=O) groups is 1. The Balaban J connectivity index is 1.95. The van der Waals surface area contributed by atoms with Crippen molar-refractivity contribution in [3.05, 3.63) is 71.8 Å². The van der Waals surface area contributed by atoms with Gasteiger partial charge in [0.15, 0.2) is 5.79 Å². The van der Waals surface area contributed by atoms with Gasteiger partial charge in [-0.05, 0) is 34.1 Å². The normalized spacial score (nSPS) is 16.7. The maximum atomic E-state index is 13.1. The summed E-state index contributed by atoms with van der Waals surface area (Å²) in [6, 6.07) is 19.2. The molecule has 0 spiro atoms. The highest BCUT2D eigenvalue weighted by Crippen LogP contribution is 2.27. The standard InChI is InChI=1S/C25H31NO4/c1-24(2,3)30-23(27)21(15-16-25(4)28-17-18-29-25)26-22(19-11-7-5-8-12-19)20-13-9-6-10-14-20/h5-14,21H,15-18H2,1-4H3/t21-/m1/s1. The predicted octanol–water partition coefficient (Wildman–Crippen LogP) is 4.78. The second kappa shape index (κ2) is 9.54. The van der Waals surface area contributed by atoms with Crippen LogP contribution < -0.4 is 0 Å². The van der Waals surface area contributed by atoms with Crippen LogP contribution in [0.4, 0.5) is 0 Å². The lowest BCUT2D eigenvalue weighted by Crippen LogP contribution is -2.34. The van der Waals surface area contributed by atoms with Crippen molar-refractivity contribution >= 4 is 11.7 Å². The molecule has 0 amide bonds. The van der Waals surface area contributed by atoms with Gasteiger partial charge in [-0.1, -0.05) is 60.7 Å². The molecule has 0 unspecified atom stereocenters. The van der Waals surface area contributed by atoms with E-state index < -0.39 is 17.4 Å². The van der Waals surface area contributed by atoms with Gasteiger partial charge in [0, 0.05) is 17.5 Å². The Morgan fingerprint density at radius 3 is 1.97 bits per heavy atom. The molecular formula is C25H31NO4. The van der Waals surface area contributed by atoms with E-state index in [2.05, 4.69) is 0 Å². The van der Waals surface area contributed by atoms with Crippen molar-refractivity contribution < 1.29 is 19.0 Å². The zero-order valence-electron chi connectivity index (χ0n) is 18.3. The highest BCUT2D eigenvalue weighted by atomic mass is 16.7. The van der Waals surface area contributed by atoms with Crippen LogP contribution in [0.5, 0.6) is 0 Å². The minimum atomic E-state index is -0.685. The van der Waals surface area contributed by atoms with Crippen LogP contribution in [0, 0.1) is 0 Å². The molecule has 0 aromatic heterocycles. The zero-order chi connectivity index (χ0) is 21.6. The Labute approximate surface area is 179 Å². The molecule has 0 N–H and O–H groups in total. The Morgan fingerprint density at radius 2 is 1.50 bits per heavy atom. The van der Waals surface area contributed by atoms with Crippen LogP contribution in [-0.4, -0.2) is 42.3 Å². The van der Waals surface area contributed by atoms with Gasteiger partial charge < -0.3 is 14.2 Å². The van der Waals surface area contributed by atoms with Gasteiger partial charge in [-0.25, -0.2) is 4.79 Å². The highest BCUT2D eigenvalue weighted by Gasteiger charge is 2.34. The average molecular weight is 410 g/mol. The molecule has 1 aliphatic rings. The van der Waals surface area contributed by atoms with E-state index in [0.717, 1.165) is 16.8 Å². The SMILES string of the molecule is CC(C)(C)OC(=O)[C@@H](CCC1(C)OCCO1)N=C(c1ccccc1)c1ccccc1. The largest absolute Gasteiger partial charge is 0.458 e. The summed E-state index contributed by atoms with van der Waals surface area (Å²) in [6.45, 7) is 8.64. The van der Waals surface area contributed by atoms with Crippen LogP contribution in [0.2, 0.25) is 0 Å². The lowest BCUT2D eigenvalue weighted by atomic mass is 10.0. The number of aliphatic imine (C=N–C) groups is 1. The number of carbonyl (C=O) groups excluding carboxylic acids is 1. The van der Waals surface area contributed by atoms with Gasteiger partial charge in [0.25, 0.3) is 0 Å². The van der Waals surface area contributed by atoms with Crippen molar-refractivity contribution in [1.29, 1.82) is 0 Å². The Bertz CT molecular complexity index is 808. The molecule has 3 rings (SSSR count). The number of ether oxygens (including phenoxy) is 3. The fourth-order valence-corrected chi connectivity index (χ4v) is 3.37. The Kier molecular flexibility index (Phi) is 7.06. The van der Waals surface area contributed by atoms with Gasteiger partial charge in [-0.3, -0.25) is 4.99 Å². The summed E-state index contributed by atoms with van der Waals surface area (Å²) in [6.07, 6.45) is 1.02. The van der Waals surface area contributed by atoms with Crippen LogP contribution in [0.15, 0.2) is 65.7 Å². The van der Waals surface area contributed by atoms with Crippen molar-refractivity contribution in [2.45, 2.75) is 58.0 Å². The Morgan fingerprint density at radius 1 is 1.00 bits per heavy atom. The maximum absolute atomic E-state index is 13.1. The first-order valence-electron chi connectivity index (χ1n) is 10.5. The quantitative estimate of drug-likeness (QED) is 0.488. The molecule has 30 heavy (non-hydrogen) atoms. The second-order valence-corrected chi connectivity index (χ2v) is 8.63. The van der Waals surface area contributed by atoms with E-state index in [-0.39, 0.29) is 5.97 Å². The van der Waals surface area contributed by atoms with Gasteiger partial charge >= 0.3 is 5.97 Å². The van der Waals surface area contributed by atoms with E-state index in [4.69, 9.17) is 19.2 Å². The van der Waals surface area contributed by atoms with Crippen LogP contribution in [-0.2, 0) is 19.0 Å². The molecule has 0 saturated carbocycles. The summed E-state index contributed by atoms with van der Waals surface area (Å²) < 4.78 is 17.1. The molecule has 2 aromatic carbocycles. The lowest BCUT2D eigenvalue weighted by molar-refractivity contribution is -0.160. The van der Waals surface area contributed by atoms with E-state index in [1.54, 1.807) is 0 Å². The molecule has 1 atom stereocenters. The first kappa shape index (κ1) is 22.2. The smallest absolute Gasteiger partial charge is 0.331 e. The summed E-state index contributed by atoms with van der Waals surface area (Å²) in [7, 11) is 0. The van der Waals surface area contributed by atoms with E-state index in [1.165, 1.54) is 0 Å². The number of esters is 1. The highest BCUT2D eigenvalue weighted by molar-refractivity contribution is 6.13. The number of hydrogen-bond donors (Lipinski definition) is 0. The molecule has 1 heterocycles. The molecule has 1 saturated heterocycles. The molecule has 5 nitrogen and oxygen atoms in total. The third-order valence-corrected chi connectivity index (χ3v) is 4.83. The first-order chi connectivity index (χ1) is 14.3. The van der Waals surface area contributed by atoms with Gasteiger partial charge in [0.2, 0.25) is 0 Å². The van der Waals surface area contributed by atoms with Crippen molar-refractivity contribution in [3.63, 3.8) is 0 Å². The van der Waals surface area contributed by atoms with Gasteiger partial charge in [-0.2, -0.15) is 0 Å². The monoisotopic (exact) mass is 409 g/mol. The molecule has 1 aliphatic heterocycles. The van der Waals surface area contributed by atoms with Gasteiger partial charge in [0.05, 0.1) is 18.9 Å². The van der Waals surface area contributed by atoms with Crippen LogP contribution in [0.1, 0.15) is 51.7 Å². The summed E-state index contributed by atoms with van der Waals surface area (Å²) in [4.78, 5) is 18.0. The fourth-order valence-electron chi connectivity index (χ4n) is 3.37. The van der Waals surface area contributed by atoms with Crippen molar-refractivity contribution in [2.24, 2.45) is 4.99 Å². The number of hydrogen-bond acceptors (Lipinski definition) is 5. The number of nitrogens with zero attached hydrogens (tertiary/aromatic N) is 1. The fraction of sp³-hybridized carbons (Fsp3) is 0.440. The summed E-state index contributed by atoms with van der Waals surface area (Å²) in [5.41, 5.74) is 2.09. The molecule has 0 bridgehead atoms. The molecule has 0 radical (unpaired) electrons. The summed E-state index contributed by atoms with van der Waals surface area (Å²) >= 11 is 0. The maximum Gasteiger partial charge on any atom is 0.331 e. The molecule has 0 aliphatic carbocycles. The summed E-state index contributed by atoms with van der Waals surface area (Å²) in [5, 5.41) is 0. The predicted molar refractivity (Wildman–Crippen MR) is 118 cm³/mol. The van der Waals surface area contributed by atoms with Crippen LogP contribution in [0.25, 0.3) is 0 Å². The topological polar surface area (TPSA) is 57.1 Å². The first-order valence-corrected chi connectivity index (χ1v) is 10.5. The summed E-state index contributed by atoms with van der Waals surface area (Å²) in [5.74, 6) is -1.02. The van der Waals surface area contributed by atoms with Crippen LogP contribution in [0.3, 0.4) is 0 Å². The van der Waals surface area contributed by atoms with Crippen LogP contribution >= 0.6 is 0 Å². The van der Waals surface area contributed by atoms with Crippen molar-refractivity contribution in [3.8, 4) is 0 Å². The van der Waals surface area contributed by atoms with E-state index in [0.29, 0.717) is 26.1 Å². The van der Waals surface area contributed by atoms with Gasteiger partial charge in [-0.15, -0.1) is 0 Å². The molecular weight excluding hydrogens is 378 g/mol. The zero-order valence-corrected chi connectivity index (χ0v) is 18.3. The number of rotatable bonds is 7. The number of benzene rings is 2. The average Bonchev–Trinajstić information content (AvgIpc) is 3.15. The third-order valence-electron chi connectivity index (χ3n) is 4.83. The lowest BCUT2D eigenvalue weighted by Gasteiger charge is -2.26. The van der Waals surface area contributed by atoms with E-state index in [9.17, 15) is 4.79 Å². The molecule has 160 valence electrons. The Hall–Kier alpha value is -2.50. The molecule has 2 aromatic rings. The van der Waals surface area contributed by atoms with Gasteiger partial charge in [0.1, 0.15) is 11.6 Å². The van der Waals surface area contributed by atoms with E-state index in [1.807, 2.05) is 88.4 Å². The molecule has 5 heteroatoms. The minimum absolute atomic E-state index is 0.339. The van der Waals surface area contributed by atoms with Crippen molar-refractivity contribution in [2.75, 3.05) is 13.2 Å². The second-order valence-electron chi connectivity index (χ2n) is 8.63. The molecule has 1 fully saturated rings.